The van der Waals surface area contributed by atoms with Crippen LogP contribution < -0.4 is 0 Å². The normalized spacial score (nSPS) is 11.4. The van der Waals surface area contributed by atoms with E-state index in [0.29, 0.717) is 0 Å². The highest BCUT2D eigenvalue weighted by molar-refractivity contribution is 9.10. The second-order valence-electron chi connectivity index (χ2n) is 2.37. The summed E-state index contributed by atoms with van der Waals surface area (Å²) in [4.78, 5) is 13.8. The molecule has 0 atom stereocenters. The van der Waals surface area contributed by atoms with E-state index in [9.17, 15) is 13.6 Å². The summed E-state index contributed by atoms with van der Waals surface area (Å²) in [6, 6.07) is 0.805. The Morgan fingerprint density at radius 1 is 1.64 bits per heavy atom. The van der Waals surface area contributed by atoms with Gasteiger partial charge in [0.25, 0.3) is 0 Å². The molecule has 0 unspecified atom stereocenters. The van der Waals surface area contributed by atoms with Crippen LogP contribution in [0.2, 0.25) is 5.15 Å². The van der Waals surface area contributed by atoms with Crippen LogP contribution in [0.3, 0.4) is 0 Å². The van der Waals surface area contributed by atoms with Crippen molar-refractivity contribution in [3.8, 4) is 0 Å². The van der Waals surface area contributed by atoms with Gasteiger partial charge in [0, 0.05) is 10.7 Å². The van der Waals surface area contributed by atoms with Crippen molar-refractivity contribution in [1.82, 2.24) is 4.98 Å². The van der Waals surface area contributed by atoms with Crippen LogP contribution >= 0.6 is 27.5 Å². The van der Waals surface area contributed by atoms with Crippen LogP contribution in [-0.4, -0.2) is 16.1 Å². The van der Waals surface area contributed by atoms with E-state index in [4.69, 9.17) is 16.7 Å². The minimum absolute atomic E-state index is 0.102. The second-order valence-corrected chi connectivity index (χ2v) is 3.61. The highest BCUT2D eigenvalue weighted by Crippen LogP contribution is 2.34. The number of hydrogen-bond donors (Lipinski definition) is 1. The Morgan fingerprint density at radius 3 is 2.71 bits per heavy atom. The molecule has 76 valence electrons. The average molecular weight is 286 g/mol. The van der Waals surface area contributed by atoms with Crippen molar-refractivity contribution in [3.63, 3.8) is 0 Å². The maximum absolute atomic E-state index is 13.0. The summed E-state index contributed by atoms with van der Waals surface area (Å²) in [5.41, 5.74) is -0.718. The van der Waals surface area contributed by atoms with E-state index in [1.807, 2.05) is 0 Å². The molecule has 0 aromatic carbocycles. The number of rotatable bonds is 2. The van der Waals surface area contributed by atoms with Crippen molar-refractivity contribution in [2.24, 2.45) is 0 Å². The summed E-state index contributed by atoms with van der Waals surface area (Å²) in [6.07, 6.45) is 1.02. The van der Waals surface area contributed by atoms with Gasteiger partial charge in [0.2, 0.25) is 0 Å². The lowest BCUT2D eigenvalue weighted by Gasteiger charge is -2.12. The van der Waals surface area contributed by atoms with E-state index in [-0.39, 0.29) is 9.63 Å². The summed E-state index contributed by atoms with van der Waals surface area (Å²) in [6.45, 7) is 0. The van der Waals surface area contributed by atoms with Gasteiger partial charge in [0.05, 0.1) is 5.56 Å². The molecule has 0 spiro atoms. The number of pyridine rings is 1. The summed E-state index contributed by atoms with van der Waals surface area (Å²) in [7, 11) is 0. The predicted octanol–water partition coefficient (Wildman–Crippen LogP) is 2.67. The molecule has 3 nitrogen and oxygen atoms in total. The molecule has 0 radical (unpaired) electrons. The molecule has 0 amide bonds. The minimum atomic E-state index is -3.98. The van der Waals surface area contributed by atoms with Gasteiger partial charge in [-0.2, -0.15) is 8.78 Å². The third-order valence-corrected chi connectivity index (χ3v) is 2.27. The quantitative estimate of drug-likeness (QED) is 0.850. The second kappa shape index (κ2) is 3.78. The van der Waals surface area contributed by atoms with Gasteiger partial charge in [-0.1, -0.05) is 11.6 Å². The van der Waals surface area contributed by atoms with Crippen LogP contribution in [0, 0.1) is 0 Å². The van der Waals surface area contributed by atoms with Crippen molar-refractivity contribution >= 4 is 33.5 Å². The van der Waals surface area contributed by atoms with Gasteiger partial charge in [-0.25, -0.2) is 9.78 Å². The Morgan fingerprint density at radius 2 is 2.21 bits per heavy atom. The zero-order valence-corrected chi connectivity index (χ0v) is 8.81. The lowest BCUT2D eigenvalue weighted by Crippen LogP contribution is -2.25. The highest BCUT2D eigenvalue weighted by atomic mass is 79.9. The summed E-state index contributed by atoms with van der Waals surface area (Å²) in [5.74, 6) is -6.22. The molecule has 1 heterocycles. The first-order valence-corrected chi connectivity index (χ1v) is 4.45. The molecule has 0 aliphatic rings. The molecule has 0 aliphatic carbocycles. The third-order valence-electron chi connectivity index (χ3n) is 1.43. The zero-order chi connectivity index (χ0) is 10.9. The summed E-state index contributed by atoms with van der Waals surface area (Å²) in [5, 5.41) is 8.09. The molecule has 0 fully saturated rings. The van der Waals surface area contributed by atoms with Crippen LogP contribution in [0.1, 0.15) is 5.56 Å². The molecule has 0 aliphatic heterocycles. The van der Waals surface area contributed by atoms with Crippen LogP contribution in [0.15, 0.2) is 16.7 Å². The highest BCUT2D eigenvalue weighted by Gasteiger charge is 2.42. The van der Waals surface area contributed by atoms with Gasteiger partial charge >= 0.3 is 11.9 Å². The lowest BCUT2D eigenvalue weighted by molar-refractivity contribution is -0.166. The van der Waals surface area contributed by atoms with Crippen LogP contribution in [-0.2, 0) is 10.7 Å². The summed E-state index contributed by atoms with van der Waals surface area (Å²) >= 11 is 8.14. The van der Waals surface area contributed by atoms with Crippen LogP contribution in [0.25, 0.3) is 0 Å². The Bertz CT molecular complexity index is 386. The first-order valence-electron chi connectivity index (χ1n) is 3.28. The monoisotopic (exact) mass is 285 g/mol. The van der Waals surface area contributed by atoms with Crippen molar-refractivity contribution in [3.05, 3.63) is 27.5 Å². The molecule has 0 bridgehead atoms. The number of carboxylic acid groups (broad SMARTS) is 1. The number of carbonyl (C=O) groups is 1. The molecule has 14 heavy (non-hydrogen) atoms. The predicted molar refractivity (Wildman–Crippen MR) is 48.5 cm³/mol. The number of halogens is 4. The van der Waals surface area contributed by atoms with E-state index in [0.717, 1.165) is 12.3 Å². The lowest BCUT2D eigenvalue weighted by atomic mass is 10.1. The number of aromatic nitrogens is 1. The number of nitrogens with zero attached hydrogens (tertiary/aromatic N) is 1. The Balaban J connectivity index is 3.31. The third kappa shape index (κ3) is 2.01. The van der Waals surface area contributed by atoms with Gasteiger partial charge in [0.15, 0.2) is 0 Å². The van der Waals surface area contributed by atoms with E-state index in [2.05, 4.69) is 20.9 Å². The van der Waals surface area contributed by atoms with Crippen LogP contribution in [0.4, 0.5) is 8.78 Å². The Labute approximate surface area is 90.8 Å². The van der Waals surface area contributed by atoms with Gasteiger partial charge in [-0.3, -0.25) is 0 Å². The molecule has 0 saturated carbocycles. The average Bonchev–Trinajstić information content (AvgIpc) is 2.08. The minimum Gasteiger partial charge on any atom is -0.477 e. The van der Waals surface area contributed by atoms with Gasteiger partial charge < -0.3 is 5.11 Å². The number of hydrogen-bond acceptors (Lipinski definition) is 2. The van der Waals surface area contributed by atoms with Crippen molar-refractivity contribution < 1.29 is 18.7 Å². The smallest absolute Gasteiger partial charge is 0.379 e. The number of carboxylic acids is 1. The summed E-state index contributed by atoms with van der Waals surface area (Å²) < 4.78 is 25.9. The van der Waals surface area contributed by atoms with E-state index in [1.165, 1.54) is 0 Å². The number of aliphatic carboxylic acids is 1. The molecule has 1 aromatic heterocycles. The Kier molecular flexibility index (Phi) is 3.06. The maximum Gasteiger partial charge on any atom is 0.379 e. The molecule has 1 rings (SSSR count). The topological polar surface area (TPSA) is 50.2 Å². The van der Waals surface area contributed by atoms with Crippen molar-refractivity contribution in [2.75, 3.05) is 0 Å². The van der Waals surface area contributed by atoms with Crippen molar-refractivity contribution in [2.45, 2.75) is 5.92 Å². The molecule has 7 heteroatoms. The van der Waals surface area contributed by atoms with Crippen LogP contribution in [0.5, 0.6) is 0 Å². The molecule has 1 N–H and O–H groups in total. The van der Waals surface area contributed by atoms with Crippen molar-refractivity contribution in [1.29, 1.82) is 0 Å². The number of alkyl halides is 2. The molecular formula is C7H3BrClF2NO2. The fourth-order valence-corrected chi connectivity index (χ4v) is 1.39. The van der Waals surface area contributed by atoms with Gasteiger partial charge in [-0.05, 0) is 22.0 Å². The largest absolute Gasteiger partial charge is 0.477 e. The van der Waals surface area contributed by atoms with E-state index in [1.54, 1.807) is 0 Å². The molecule has 1 aromatic rings. The molecule has 0 saturated heterocycles. The fraction of sp³-hybridized carbons (Fsp3) is 0.143. The first-order chi connectivity index (χ1) is 6.35. The van der Waals surface area contributed by atoms with Gasteiger partial charge in [0.1, 0.15) is 5.15 Å². The molecular weight excluding hydrogens is 283 g/mol. The van der Waals surface area contributed by atoms with E-state index >= 15 is 0 Å². The van der Waals surface area contributed by atoms with E-state index < -0.39 is 17.5 Å². The first kappa shape index (κ1) is 11.3. The van der Waals surface area contributed by atoms with Gasteiger partial charge in [-0.15, -0.1) is 0 Å². The standard InChI is InChI=1S/C7H3BrClF2NO2/c8-4-2-12-5(9)1-3(4)7(10,11)6(13)14/h1-2H,(H,13,14). The fourth-order valence-electron chi connectivity index (χ4n) is 0.769. The SMILES string of the molecule is O=C(O)C(F)(F)c1cc(Cl)ncc1Br. The Hall–Kier alpha value is -0.750. The zero-order valence-electron chi connectivity index (χ0n) is 6.47. The maximum atomic E-state index is 13.0.